The first-order valence-corrected chi connectivity index (χ1v) is 8.26. The largest absolute Gasteiger partial charge is 0.477 e. The molecule has 0 amide bonds. The quantitative estimate of drug-likeness (QED) is 0.854. The number of hydrogen-bond donors (Lipinski definition) is 1. The second kappa shape index (κ2) is 6.34. The number of halogens is 1. The highest BCUT2D eigenvalue weighted by Gasteiger charge is 2.28. The van der Waals surface area contributed by atoms with E-state index < -0.39 is 5.60 Å². The van der Waals surface area contributed by atoms with Crippen molar-refractivity contribution in [3.05, 3.63) is 52.4 Å². The van der Waals surface area contributed by atoms with E-state index >= 15 is 0 Å². The summed E-state index contributed by atoms with van der Waals surface area (Å²) in [6, 6.07) is 9.36. The van der Waals surface area contributed by atoms with Crippen molar-refractivity contribution in [3.8, 4) is 5.88 Å². The van der Waals surface area contributed by atoms with Crippen molar-refractivity contribution in [1.29, 1.82) is 0 Å². The minimum atomic E-state index is -1.09. The summed E-state index contributed by atoms with van der Waals surface area (Å²) >= 11 is 3.45. The van der Waals surface area contributed by atoms with Crippen LogP contribution in [0.15, 0.2) is 41.0 Å². The molecule has 1 atom stereocenters. The summed E-state index contributed by atoms with van der Waals surface area (Å²) in [5.41, 5.74) is 0.331. The van der Waals surface area contributed by atoms with Gasteiger partial charge >= 0.3 is 0 Å². The Hall–Kier alpha value is -1.46. The highest BCUT2D eigenvalue weighted by atomic mass is 79.9. The van der Waals surface area contributed by atoms with E-state index in [0.717, 1.165) is 10.2 Å². The second-order valence-electron chi connectivity index (χ2n) is 6.01. The van der Waals surface area contributed by atoms with E-state index in [9.17, 15) is 5.11 Å². The SMILES string of the molecule is CC(O)(Cc1ccccn1)c1ccc(Br)c(OCC2CC2)n1. The molecule has 1 N–H and O–H groups in total. The van der Waals surface area contributed by atoms with E-state index in [1.807, 2.05) is 30.3 Å². The van der Waals surface area contributed by atoms with Crippen LogP contribution < -0.4 is 4.74 Å². The molecule has 2 aromatic heterocycles. The maximum atomic E-state index is 10.8. The van der Waals surface area contributed by atoms with Crippen LogP contribution in [0.1, 0.15) is 31.2 Å². The Bertz CT molecular complexity index is 642. The third-order valence-corrected chi connectivity index (χ3v) is 4.37. The molecule has 3 rings (SSSR count). The monoisotopic (exact) mass is 362 g/mol. The Kier molecular flexibility index (Phi) is 4.45. The number of ether oxygens (including phenoxy) is 1. The number of hydrogen-bond acceptors (Lipinski definition) is 4. The number of rotatable bonds is 6. The molecule has 0 saturated heterocycles. The lowest BCUT2D eigenvalue weighted by atomic mass is 9.95. The van der Waals surface area contributed by atoms with Crippen molar-refractivity contribution in [2.75, 3.05) is 6.61 Å². The molecule has 2 aromatic rings. The molecule has 116 valence electrons. The maximum Gasteiger partial charge on any atom is 0.228 e. The third-order valence-electron chi connectivity index (χ3n) is 3.77. The Labute approximate surface area is 138 Å². The lowest BCUT2D eigenvalue weighted by Crippen LogP contribution is -2.26. The van der Waals surface area contributed by atoms with E-state index in [-0.39, 0.29) is 0 Å². The first kappa shape index (κ1) is 15.4. The third kappa shape index (κ3) is 3.84. The molecule has 22 heavy (non-hydrogen) atoms. The molecule has 2 heterocycles. The van der Waals surface area contributed by atoms with Gasteiger partial charge in [-0.05, 0) is 65.9 Å². The van der Waals surface area contributed by atoms with Crippen molar-refractivity contribution in [1.82, 2.24) is 9.97 Å². The van der Waals surface area contributed by atoms with E-state index in [2.05, 4.69) is 25.9 Å². The Morgan fingerprint density at radius 2 is 2.14 bits per heavy atom. The summed E-state index contributed by atoms with van der Waals surface area (Å²) in [7, 11) is 0. The number of nitrogens with zero attached hydrogens (tertiary/aromatic N) is 2. The van der Waals surface area contributed by atoms with Crippen LogP contribution in [0, 0.1) is 5.92 Å². The smallest absolute Gasteiger partial charge is 0.228 e. The fourth-order valence-electron chi connectivity index (χ4n) is 2.25. The summed E-state index contributed by atoms with van der Waals surface area (Å²) in [4.78, 5) is 8.76. The lowest BCUT2D eigenvalue weighted by molar-refractivity contribution is 0.0511. The fraction of sp³-hybridized carbons (Fsp3) is 0.412. The molecular weight excluding hydrogens is 344 g/mol. The molecule has 1 aliphatic rings. The lowest BCUT2D eigenvalue weighted by Gasteiger charge is -2.23. The number of pyridine rings is 2. The van der Waals surface area contributed by atoms with Gasteiger partial charge in [0, 0.05) is 18.3 Å². The maximum absolute atomic E-state index is 10.8. The summed E-state index contributed by atoms with van der Waals surface area (Å²) in [6.45, 7) is 2.44. The van der Waals surface area contributed by atoms with Gasteiger partial charge in [-0.3, -0.25) is 4.98 Å². The standard InChI is InChI=1S/C17H19BrN2O2/c1-17(21,10-13-4-2-3-9-19-13)15-8-7-14(18)16(20-15)22-11-12-5-6-12/h2-4,7-9,12,21H,5-6,10-11H2,1H3. The number of aliphatic hydroxyl groups is 1. The van der Waals surface area contributed by atoms with Gasteiger partial charge in [-0.1, -0.05) is 6.07 Å². The zero-order chi connectivity index (χ0) is 15.6. The van der Waals surface area contributed by atoms with Crippen molar-refractivity contribution in [2.45, 2.75) is 31.8 Å². The molecule has 0 aromatic carbocycles. The fourth-order valence-corrected chi connectivity index (χ4v) is 2.59. The Morgan fingerprint density at radius 3 is 2.82 bits per heavy atom. The van der Waals surface area contributed by atoms with Gasteiger partial charge in [0.05, 0.1) is 16.8 Å². The highest BCUT2D eigenvalue weighted by molar-refractivity contribution is 9.10. The van der Waals surface area contributed by atoms with Crippen LogP contribution in [-0.4, -0.2) is 21.7 Å². The predicted molar refractivity (Wildman–Crippen MR) is 87.7 cm³/mol. The molecule has 1 unspecified atom stereocenters. The van der Waals surface area contributed by atoms with Gasteiger partial charge in [0.2, 0.25) is 5.88 Å². The second-order valence-corrected chi connectivity index (χ2v) is 6.86. The van der Waals surface area contributed by atoms with Crippen molar-refractivity contribution in [3.63, 3.8) is 0 Å². The minimum absolute atomic E-state index is 0.407. The van der Waals surface area contributed by atoms with E-state index in [0.29, 0.717) is 30.5 Å². The molecule has 4 nitrogen and oxygen atoms in total. The molecule has 5 heteroatoms. The van der Waals surface area contributed by atoms with Gasteiger partial charge in [-0.2, -0.15) is 0 Å². The van der Waals surface area contributed by atoms with Gasteiger partial charge in [0.15, 0.2) is 0 Å². The molecule has 0 bridgehead atoms. The summed E-state index contributed by atoms with van der Waals surface area (Å²) in [6.07, 6.45) is 4.60. The Morgan fingerprint density at radius 1 is 1.32 bits per heavy atom. The predicted octanol–water partition coefficient (Wildman–Crippen LogP) is 3.48. The van der Waals surface area contributed by atoms with E-state index in [1.165, 1.54) is 12.8 Å². The zero-order valence-electron chi connectivity index (χ0n) is 12.5. The van der Waals surface area contributed by atoms with Crippen LogP contribution in [0.25, 0.3) is 0 Å². The summed E-state index contributed by atoms with van der Waals surface area (Å²) in [5, 5.41) is 10.8. The van der Waals surface area contributed by atoms with Crippen molar-refractivity contribution >= 4 is 15.9 Å². The molecule has 1 aliphatic carbocycles. The van der Waals surface area contributed by atoms with Crippen LogP contribution in [-0.2, 0) is 12.0 Å². The van der Waals surface area contributed by atoms with Gasteiger partial charge in [-0.15, -0.1) is 0 Å². The van der Waals surface area contributed by atoms with Crippen LogP contribution in [0.3, 0.4) is 0 Å². The van der Waals surface area contributed by atoms with E-state index in [4.69, 9.17) is 4.74 Å². The van der Waals surface area contributed by atoms with Crippen LogP contribution in [0.5, 0.6) is 5.88 Å². The normalized spacial score (nSPS) is 17.0. The van der Waals surface area contributed by atoms with Gasteiger partial charge in [-0.25, -0.2) is 4.98 Å². The highest BCUT2D eigenvalue weighted by Crippen LogP contribution is 2.32. The summed E-state index contributed by atoms with van der Waals surface area (Å²) in [5.74, 6) is 1.21. The van der Waals surface area contributed by atoms with Crippen LogP contribution >= 0.6 is 15.9 Å². The minimum Gasteiger partial charge on any atom is -0.477 e. The molecule has 1 saturated carbocycles. The van der Waals surface area contributed by atoms with Gasteiger partial charge in [0.25, 0.3) is 0 Å². The molecule has 0 radical (unpaired) electrons. The van der Waals surface area contributed by atoms with Gasteiger partial charge < -0.3 is 9.84 Å². The van der Waals surface area contributed by atoms with Crippen LogP contribution in [0.4, 0.5) is 0 Å². The zero-order valence-corrected chi connectivity index (χ0v) is 14.1. The Balaban J connectivity index is 1.78. The molecule has 0 spiro atoms. The molecular formula is C17H19BrN2O2. The summed E-state index contributed by atoms with van der Waals surface area (Å²) < 4.78 is 6.57. The van der Waals surface area contributed by atoms with Gasteiger partial charge in [0.1, 0.15) is 5.60 Å². The van der Waals surface area contributed by atoms with Crippen molar-refractivity contribution < 1.29 is 9.84 Å². The first-order chi connectivity index (χ1) is 10.5. The molecule has 0 aliphatic heterocycles. The number of aromatic nitrogens is 2. The topological polar surface area (TPSA) is 55.2 Å². The average Bonchev–Trinajstić information content (AvgIpc) is 3.31. The van der Waals surface area contributed by atoms with E-state index in [1.54, 1.807) is 13.1 Å². The van der Waals surface area contributed by atoms with Crippen LogP contribution in [0.2, 0.25) is 0 Å². The average molecular weight is 363 g/mol. The first-order valence-electron chi connectivity index (χ1n) is 7.47. The van der Waals surface area contributed by atoms with Crippen molar-refractivity contribution in [2.24, 2.45) is 5.92 Å². The molecule has 1 fully saturated rings.